The number of thiophene rings is 1. The lowest BCUT2D eigenvalue weighted by Gasteiger charge is -2.13. The van der Waals surface area contributed by atoms with Gasteiger partial charge in [-0.15, -0.1) is 11.3 Å². The molecule has 0 atom stereocenters. The predicted molar refractivity (Wildman–Crippen MR) is 132 cm³/mol. The zero-order valence-corrected chi connectivity index (χ0v) is 20.0. The van der Waals surface area contributed by atoms with Crippen LogP contribution in [-0.4, -0.2) is 33.8 Å². The Labute approximate surface area is 202 Å². The standard InChI is InChI=1S/C24H20FN3O4S2/c1-3-32-23(31)16-6-4-5-7-18(16)26-20(29)13-34-24-27-19-10-11-33-21(19)22(30)28(24)15-8-9-17(25)14(2)12-15/h4-12H,3,13H2,1-2H3,(H,26,29). The largest absolute Gasteiger partial charge is 0.462 e. The van der Waals surface area contributed by atoms with Gasteiger partial charge in [0.1, 0.15) is 10.5 Å². The molecule has 0 saturated carbocycles. The van der Waals surface area contributed by atoms with Crippen LogP contribution in [0.3, 0.4) is 0 Å². The van der Waals surface area contributed by atoms with E-state index in [1.54, 1.807) is 55.6 Å². The Bertz CT molecular complexity index is 1450. The molecule has 0 aliphatic heterocycles. The molecule has 2 aromatic carbocycles. The van der Waals surface area contributed by atoms with Crippen LogP contribution in [0.4, 0.5) is 10.1 Å². The minimum Gasteiger partial charge on any atom is -0.462 e. The number of anilines is 1. The van der Waals surface area contributed by atoms with Gasteiger partial charge >= 0.3 is 5.97 Å². The number of ether oxygens (including phenoxy) is 1. The molecule has 2 aromatic heterocycles. The minimum absolute atomic E-state index is 0.0700. The summed E-state index contributed by atoms with van der Waals surface area (Å²) < 4.78 is 20.7. The number of para-hydroxylation sites is 1. The highest BCUT2D eigenvalue weighted by atomic mass is 32.2. The molecule has 1 amide bonds. The van der Waals surface area contributed by atoms with Crippen molar-refractivity contribution in [2.45, 2.75) is 19.0 Å². The number of rotatable bonds is 7. The molecule has 0 fully saturated rings. The molecule has 4 rings (SSSR count). The van der Waals surface area contributed by atoms with Crippen molar-refractivity contribution < 1.29 is 18.7 Å². The smallest absolute Gasteiger partial charge is 0.340 e. The van der Waals surface area contributed by atoms with Crippen LogP contribution in [0, 0.1) is 12.7 Å². The predicted octanol–water partition coefficient (Wildman–Crippen LogP) is 4.80. The quantitative estimate of drug-likeness (QED) is 0.224. The SMILES string of the molecule is CCOC(=O)c1ccccc1NC(=O)CSc1nc2ccsc2c(=O)n1-c1ccc(F)c(C)c1. The number of amides is 1. The van der Waals surface area contributed by atoms with Gasteiger partial charge in [0.15, 0.2) is 5.16 Å². The Morgan fingerprint density at radius 3 is 2.76 bits per heavy atom. The second-order valence-electron chi connectivity index (χ2n) is 7.21. The maximum Gasteiger partial charge on any atom is 0.340 e. The number of fused-ring (bicyclic) bond motifs is 1. The van der Waals surface area contributed by atoms with Crippen molar-refractivity contribution in [2.24, 2.45) is 0 Å². The first-order valence-corrected chi connectivity index (χ1v) is 12.2. The van der Waals surface area contributed by atoms with Crippen molar-refractivity contribution in [3.63, 3.8) is 0 Å². The molecule has 2 heterocycles. The summed E-state index contributed by atoms with van der Waals surface area (Å²) >= 11 is 2.34. The van der Waals surface area contributed by atoms with Gasteiger partial charge in [-0.25, -0.2) is 14.2 Å². The summed E-state index contributed by atoms with van der Waals surface area (Å²) in [6.45, 7) is 3.53. The molecular formula is C24H20FN3O4S2. The first kappa shape index (κ1) is 23.7. The van der Waals surface area contributed by atoms with Crippen molar-refractivity contribution in [3.8, 4) is 5.69 Å². The molecule has 0 aliphatic rings. The number of aryl methyl sites for hydroxylation is 1. The van der Waals surface area contributed by atoms with E-state index in [1.807, 2.05) is 0 Å². The molecular weight excluding hydrogens is 477 g/mol. The second kappa shape index (κ2) is 10.2. The van der Waals surface area contributed by atoms with Crippen LogP contribution in [0.5, 0.6) is 0 Å². The summed E-state index contributed by atoms with van der Waals surface area (Å²) in [7, 11) is 0. The van der Waals surface area contributed by atoms with Gasteiger partial charge in [-0.05, 0) is 61.2 Å². The van der Waals surface area contributed by atoms with E-state index >= 15 is 0 Å². The van der Waals surface area contributed by atoms with Crippen LogP contribution in [0.1, 0.15) is 22.8 Å². The average Bonchev–Trinajstić information content (AvgIpc) is 3.29. The van der Waals surface area contributed by atoms with E-state index < -0.39 is 5.97 Å². The number of thioether (sulfide) groups is 1. The lowest BCUT2D eigenvalue weighted by molar-refractivity contribution is -0.113. The number of benzene rings is 2. The van der Waals surface area contributed by atoms with Gasteiger partial charge in [0.25, 0.3) is 5.56 Å². The first-order valence-electron chi connectivity index (χ1n) is 10.3. The van der Waals surface area contributed by atoms with E-state index in [2.05, 4.69) is 10.3 Å². The van der Waals surface area contributed by atoms with Crippen LogP contribution in [0.25, 0.3) is 15.9 Å². The number of carbonyl (C=O) groups excluding carboxylic acids is 2. The third-order valence-electron chi connectivity index (χ3n) is 4.88. The molecule has 4 aromatic rings. The lowest BCUT2D eigenvalue weighted by atomic mass is 10.2. The molecule has 0 unspecified atom stereocenters. The zero-order chi connectivity index (χ0) is 24.2. The normalized spacial score (nSPS) is 10.9. The van der Waals surface area contributed by atoms with Crippen LogP contribution < -0.4 is 10.9 Å². The number of hydrogen-bond donors (Lipinski definition) is 1. The molecule has 0 aliphatic carbocycles. The molecule has 1 N–H and O–H groups in total. The highest BCUT2D eigenvalue weighted by molar-refractivity contribution is 7.99. The summed E-state index contributed by atoms with van der Waals surface area (Å²) in [4.78, 5) is 42.6. The molecule has 0 bridgehead atoms. The second-order valence-corrected chi connectivity index (χ2v) is 9.06. The lowest BCUT2D eigenvalue weighted by Crippen LogP contribution is -2.22. The minimum atomic E-state index is -0.531. The Morgan fingerprint density at radius 1 is 1.21 bits per heavy atom. The Balaban J connectivity index is 1.62. The van der Waals surface area contributed by atoms with E-state index in [0.29, 0.717) is 32.3 Å². The van der Waals surface area contributed by atoms with Gasteiger partial charge in [-0.1, -0.05) is 23.9 Å². The topological polar surface area (TPSA) is 90.3 Å². The van der Waals surface area contributed by atoms with Gasteiger partial charge in [-0.2, -0.15) is 0 Å². The van der Waals surface area contributed by atoms with E-state index in [-0.39, 0.29) is 35.2 Å². The monoisotopic (exact) mass is 497 g/mol. The summed E-state index contributed by atoms with van der Waals surface area (Å²) in [6, 6.07) is 12.7. The van der Waals surface area contributed by atoms with Gasteiger partial charge < -0.3 is 10.1 Å². The average molecular weight is 498 g/mol. The van der Waals surface area contributed by atoms with Gasteiger partial charge in [0.05, 0.1) is 34.8 Å². The maximum absolute atomic E-state index is 13.8. The molecule has 34 heavy (non-hydrogen) atoms. The van der Waals surface area contributed by atoms with Gasteiger partial charge in [0.2, 0.25) is 5.91 Å². The van der Waals surface area contributed by atoms with Crippen molar-refractivity contribution in [2.75, 3.05) is 17.7 Å². The number of nitrogens with one attached hydrogen (secondary N) is 1. The summed E-state index contributed by atoms with van der Waals surface area (Å²) in [5.74, 6) is -1.37. The van der Waals surface area contributed by atoms with Crippen molar-refractivity contribution in [1.29, 1.82) is 0 Å². The van der Waals surface area contributed by atoms with Crippen molar-refractivity contribution in [1.82, 2.24) is 9.55 Å². The number of hydrogen-bond acceptors (Lipinski definition) is 7. The summed E-state index contributed by atoms with van der Waals surface area (Å²) in [5.41, 5.74) is 1.67. The molecule has 0 saturated heterocycles. The fraction of sp³-hybridized carbons (Fsp3) is 0.167. The molecule has 10 heteroatoms. The van der Waals surface area contributed by atoms with E-state index in [9.17, 15) is 18.8 Å². The van der Waals surface area contributed by atoms with Crippen LogP contribution in [0.15, 0.2) is 63.9 Å². The third-order valence-corrected chi connectivity index (χ3v) is 6.71. The molecule has 0 spiro atoms. The fourth-order valence-corrected chi connectivity index (χ4v) is 4.85. The van der Waals surface area contributed by atoms with Crippen molar-refractivity contribution >= 4 is 50.9 Å². The molecule has 174 valence electrons. The third kappa shape index (κ3) is 4.87. The first-order chi connectivity index (χ1) is 16.4. The van der Waals surface area contributed by atoms with Crippen LogP contribution in [0.2, 0.25) is 0 Å². The van der Waals surface area contributed by atoms with E-state index in [4.69, 9.17) is 4.74 Å². The molecule has 0 radical (unpaired) electrons. The zero-order valence-electron chi connectivity index (χ0n) is 18.3. The Hall–Kier alpha value is -3.50. The van der Waals surface area contributed by atoms with Gasteiger partial charge in [0, 0.05) is 0 Å². The number of nitrogens with zero attached hydrogens (tertiary/aromatic N) is 2. The van der Waals surface area contributed by atoms with E-state index in [1.165, 1.54) is 28.0 Å². The number of halogens is 1. The summed E-state index contributed by atoms with van der Waals surface area (Å²) in [5, 5.41) is 4.79. The summed E-state index contributed by atoms with van der Waals surface area (Å²) in [6.07, 6.45) is 0. The highest BCUT2D eigenvalue weighted by Gasteiger charge is 2.18. The molecule has 7 nitrogen and oxygen atoms in total. The Kier molecular flexibility index (Phi) is 7.09. The van der Waals surface area contributed by atoms with Gasteiger partial charge in [-0.3, -0.25) is 14.2 Å². The number of esters is 1. The van der Waals surface area contributed by atoms with E-state index in [0.717, 1.165) is 11.8 Å². The maximum atomic E-state index is 13.8. The fourth-order valence-electron chi connectivity index (χ4n) is 3.28. The number of carbonyl (C=O) groups is 2. The Morgan fingerprint density at radius 2 is 2.00 bits per heavy atom. The number of aromatic nitrogens is 2. The van der Waals surface area contributed by atoms with Crippen LogP contribution in [-0.2, 0) is 9.53 Å². The van der Waals surface area contributed by atoms with Crippen molar-refractivity contribution in [3.05, 3.63) is 81.2 Å². The van der Waals surface area contributed by atoms with Crippen LogP contribution >= 0.6 is 23.1 Å². The highest BCUT2D eigenvalue weighted by Crippen LogP contribution is 2.25.